The Morgan fingerprint density at radius 1 is 0.882 bits per heavy atom. The third kappa shape index (κ3) is 9.57. The Morgan fingerprint density at radius 3 is 1.91 bits per heavy atom. The fourth-order valence-electron chi connectivity index (χ4n) is 3.85. The minimum atomic E-state index is -0.454. The third-order valence-electron chi connectivity index (χ3n) is 5.14. The molecule has 0 aliphatic rings. The van der Waals surface area contributed by atoms with Gasteiger partial charge in [-0.2, -0.15) is 0 Å². The first-order valence-electron chi connectivity index (χ1n) is 11.7. The molecule has 0 aromatic heterocycles. The summed E-state index contributed by atoms with van der Waals surface area (Å²) in [6.07, 6.45) is 0.571. The molecule has 190 valence electrons. The zero-order chi connectivity index (χ0) is 26.0. The summed E-state index contributed by atoms with van der Waals surface area (Å²) in [6, 6.07) is 4.19. The summed E-state index contributed by atoms with van der Waals surface area (Å²) in [6.45, 7) is 19.0. The van der Waals surface area contributed by atoms with Crippen molar-refractivity contribution in [2.24, 2.45) is 17.8 Å². The summed E-state index contributed by atoms with van der Waals surface area (Å²) >= 11 is 7.30. The highest BCUT2D eigenvalue weighted by Crippen LogP contribution is 2.41. The average molecular weight is 602 g/mol. The highest BCUT2D eigenvalue weighted by Gasteiger charge is 2.21. The molecule has 5 nitrogen and oxygen atoms in total. The van der Waals surface area contributed by atoms with Crippen LogP contribution in [0.2, 0.25) is 0 Å². The van der Waals surface area contributed by atoms with Gasteiger partial charge in [0, 0.05) is 12.0 Å². The molecule has 1 aromatic carbocycles. The first kappa shape index (κ1) is 30.4. The molecule has 0 saturated carbocycles. The minimum Gasteiger partial charge on any atom is -0.488 e. The zero-order valence-corrected chi connectivity index (χ0v) is 24.6. The molecule has 0 saturated heterocycles. The van der Waals surface area contributed by atoms with Crippen LogP contribution in [0, 0.1) is 17.8 Å². The van der Waals surface area contributed by atoms with Crippen LogP contribution in [0.5, 0.6) is 5.75 Å². The molecular weight excluding hydrogens is 564 g/mol. The van der Waals surface area contributed by atoms with Crippen LogP contribution in [0.3, 0.4) is 0 Å². The molecule has 0 fully saturated rings. The van der Waals surface area contributed by atoms with Crippen LogP contribution in [0.15, 0.2) is 38.8 Å². The highest BCUT2D eigenvalue weighted by molar-refractivity contribution is 9.11. The molecule has 0 heterocycles. The van der Waals surface area contributed by atoms with Gasteiger partial charge in [0.15, 0.2) is 0 Å². The lowest BCUT2D eigenvalue weighted by Gasteiger charge is -2.25. The topological polar surface area (TPSA) is 61.8 Å². The molecule has 0 bridgehead atoms. The van der Waals surface area contributed by atoms with E-state index in [1.54, 1.807) is 6.92 Å². The fraction of sp³-hybridized carbons (Fsp3) is 0.556. The molecule has 0 aliphatic carbocycles. The number of allylic oxidation sites excluding steroid dienone is 2. The summed E-state index contributed by atoms with van der Waals surface area (Å²) in [5, 5.41) is 0. The Morgan fingerprint density at radius 2 is 1.44 bits per heavy atom. The molecule has 0 atom stereocenters. The number of esters is 2. The summed E-state index contributed by atoms with van der Waals surface area (Å²) in [5.41, 5.74) is 4.32. The van der Waals surface area contributed by atoms with Gasteiger partial charge in [0.2, 0.25) is 0 Å². The van der Waals surface area contributed by atoms with E-state index in [2.05, 4.69) is 92.1 Å². The number of halogens is 2. The molecule has 7 heteroatoms. The van der Waals surface area contributed by atoms with Crippen LogP contribution in [0.4, 0.5) is 0 Å². The van der Waals surface area contributed by atoms with E-state index in [1.165, 1.54) is 11.1 Å². The Bertz CT molecular complexity index is 867. The average Bonchev–Trinajstić information content (AvgIpc) is 2.72. The molecule has 0 radical (unpaired) electrons. The van der Waals surface area contributed by atoms with Crippen molar-refractivity contribution in [3.05, 3.63) is 44.4 Å². The van der Waals surface area contributed by atoms with Crippen LogP contribution in [-0.4, -0.2) is 31.8 Å². The lowest BCUT2D eigenvalue weighted by molar-refractivity contribution is -0.146. The van der Waals surface area contributed by atoms with Gasteiger partial charge in [0.05, 0.1) is 15.6 Å². The molecular formula is C27H38Br2O5. The van der Waals surface area contributed by atoms with Crippen molar-refractivity contribution in [3.8, 4) is 5.75 Å². The predicted molar refractivity (Wildman–Crippen MR) is 145 cm³/mol. The molecule has 1 aromatic rings. The normalized spacial score (nSPS) is 11.1. The Labute approximate surface area is 221 Å². The monoisotopic (exact) mass is 600 g/mol. The standard InChI is InChI=1S/C27H38Br2O5/c1-16(2)24(17(3)4)25(18(5)6)20-14-21(28)26(22(29)15-20)33-13-12-32-23(30)10-9-11-34-27(31)19(7)8/h14-18H,7,9-13H2,1-6,8H3. The number of hydrogen-bond donors (Lipinski definition) is 0. The van der Waals surface area contributed by atoms with Crippen LogP contribution >= 0.6 is 31.9 Å². The van der Waals surface area contributed by atoms with Gasteiger partial charge < -0.3 is 14.2 Å². The van der Waals surface area contributed by atoms with E-state index in [9.17, 15) is 9.59 Å². The van der Waals surface area contributed by atoms with Gasteiger partial charge in [0.1, 0.15) is 19.0 Å². The maximum Gasteiger partial charge on any atom is 0.333 e. The van der Waals surface area contributed by atoms with Crippen molar-refractivity contribution in [1.82, 2.24) is 0 Å². The van der Waals surface area contributed by atoms with Gasteiger partial charge in [-0.15, -0.1) is 0 Å². The van der Waals surface area contributed by atoms with Crippen LogP contribution in [0.1, 0.15) is 66.9 Å². The van der Waals surface area contributed by atoms with Crippen molar-refractivity contribution in [1.29, 1.82) is 0 Å². The number of benzene rings is 1. The molecule has 0 amide bonds. The van der Waals surface area contributed by atoms with Gasteiger partial charge in [-0.3, -0.25) is 4.79 Å². The van der Waals surface area contributed by atoms with E-state index in [0.717, 1.165) is 14.5 Å². The van der Waals surface area contributed by atoms with E-state index >= 15 is 0 Å². The fourth-order valence-corrected chi connectivity index (χ4v) is 5.27. The van der Waals surface area contributed by atoms with E-state index in [-0.39, 0.29) is 32.2 Å². The largest absolute Gasteiger partial charge is 0.488 e. The Balaban J connectivity index is 2.73. The van der Waals surface area contributed by atoms with Crippen LogP contribution in [-0.2, 0) is 19.1 Å². The van der Waals surface area contributed by atoms with E-state index in [1.807, 2.05) is 0 Å². The maximum atomic E-state index is 11.9. The third-order valence-corrected chi connectivity index (χ3v) is 6.32. The SMILES string of the molecule is C=C(C)C(=O)OCCCC(=O)OCCOc1c(Br)cc(C(=C(C(C)C)C(C)C)C(C)C)cc1Br. The van der Waals surface area contributed by atoms with Gasteiger partial charge in [0.25, 0.3) is 0 Å². The quantitative estimate of drug-likeness (QED) is 0.131. The van der Waals surface area contributed by atoms with Gasteiger partial charge >= 0.3 is 11.9 Å². The smallest absolute Gasteiger partial charge is 0.333 e. The number of carbonyl (C=O) groups excluding carboxylic acids is 2. The summed E-state index contributed by atoms with van der Waals surface area (Å²) in [5.74, 6) is 1.16. The first-order valence-corrected chi connectivity index (χ1v) is 13.3. The minimum absolute atomic E-state index is 0.132. The summed E-state index contributed by atoms with van der Waals surface area (Å²) in [4.78, 5) is 23.2. The van der Waals surface area contributed by atoms with Gasteiger partial charge in [-0.25, -0.2) is 4.79 Å². The van der Waals surface area contributed by atoms with Gasteiger partial charge in [-0.1, -0.05) is 53.7 Å². The van der Waals surface area contributed by atoms with Gasteiger partial charge in [-0.05, 0) is 86.2 Å². The second-order valence-electron chi connectivity index (χ2n) is 9.19. The zero-order valence-electron chi connectivity index (χ0n) is 21.4. The van der Waals surface area contributed by atoms with E-state index in [4.69, 9.17) is 14.2 Å². The predicted octanol–water partition coefficient (Wildman–Crippen LogP) is 7.75. The van der Waals surface area contributed by atoms with Crippen molar-refractivity contribution < 1.29 is 23.8 Å². The highest BCUT2D eigenvalue weighted by atomic mass is 79.9. The van der Waals surface area contributed by atoms with Crippen molar-refractivity contribution in [2.75, 3.05) is 19.8 Å². The Kier molecular flexibility index (Phi) is 13.2. The number of ether oxygens (including phenoxy) is 3. The molecule has 0 spiro atoms. The number of rotatable bonds is 13. The number of carbonyl (C=O) groups is 2. The Hall–Kier alpha value is -1.60. The number of hydrogen-bond acceptors (Lipinski definition) is 5. The molecule has 0 unspecified atom stereocenters. The molecule has 0 N–H and O–H groups in total. The van der Waals surface area contributed by atoms with Crippen molar-refractivity contribution in [2.45, 2.75) is 61.3 Å². The van der Waals surface area contributed by atoms with Crippen LogP contribution in [0.25, 0.3) is 5.57 Å². The maximum absolute atomic E-state index is 11.9. The molecule has 1 rings (SSSR count). The molecule has 34 heavy (non-hydrogen) atoms. The lowest BCUT2D eigenvalue weighted by Crippen LogP contribution is -2.14. The summed E-state index contributed by atoms with van der Waals surface area (Å²) < 4.78 is 17.7. The second kappa shape index (κ2) is 14.7. The van der Waals surface area contributed by atoms with E-state index < -0.39 is 5.97 Å². The van der Waals surface area contributed by atoms with E-state index in [0.29, 0.717) is 35.5 Å². The first-order chi connectivity index (χ1) is 15.9. The second-order valence-corrected chi connectivity index (χ2v) is 10.9. The lowest BCUT2D eigenvalue weighted by atomic mass is 9.81. The van der Waals surface area contributed by atoms with Crippen molar-refractivity contribution >= 4 is 49.4 Å². The van der Waals surface area contributed by atoms with Crippen LogP contribution < -0.4 is 4.74 Å². The summed E-state index contributed by atoms with van der Waals surface area (Å²) in [7, 11) is 0. The molecule has 0 aliphatic heterocycles. The van der Waals surface area contributed by atoms with Crippen molar-refractivity contribution in [3.63, 3.8) is 0 Å².